The van der Waals surface area contributed by atoms with Crippen LogP contribution in [-0.2, 0) is 19.5 Å². The van der Waals surface area contributed by atoms with Gasteiger partial charge in [-0.15, -0.1) is 0 Å². The first kappa shape index (κ1) is 15.7. The quantitative estimate of drug-likeness (QED) is 0.840. The van der Waals surface area contributed by atoms with Crippen molar-refractivity contribution in [3.8, 4) is 0 Å². The summed E-state index contributed by atoms with van der Waals surface area (Å²) >= 11 is 0. The first-order valence-electron chi connectivity index (χ1n) is 7.75. The lowest BCUT2D eigenvalue weighted by molar-refractivity contribution is 0.203. The molecule has 0 fully saturated rings. The minimum Gasteiger partial charge on any atom is -0.330 e. The largest absolute Gasteiger partial charge is 0.330 e. The predicted molar refractivity (Wildman–Crippen MR) is 90.0 cm³/mol. The van der Waals surface area contributed by atoms with Crippen LogP contribution in [0.15, 0.2) is 54.6 Å². The third-order valence-electron chi connectivity index (χ3n) is 3.86. The lowest BCUT2D eigenvalue weighted by Gasteiger charge is -2.27. The highest BCUT2D eigenvalue weighted by Gasteiger charge is 2.12. The highest BCUT2D eigenvalue weighted by molar-refractivity contribution is 5.27. The van der Waals surface area contributed by atoms with Crippen LogP contribution in [0.5, 0.6) is 0 Å². The molecule has 0 aromatic heterocycles. The van der Waals surface area contributed by atoms with Gasteiger partial charge in [0.1, 0.15) is 0 Å². The maximum absolute atomic E-state index is 5.73. The molecule has 112 valence electrons. The van der Waals surface area contributed by atoms with Crippen molar-refractivity contribution >= 4 is 0 Å². The molecule has 2 aromatic carbocycles. The van der Waals surface area contributed by atoms with Crippen LogP contribution in [0.3, 0.4) is 0 Å². The van der Waals surface area contributed by atoms with Crippen LogP contribution in [0.25, 0.3) is 0 Å². The Labute approximate surface area is 128 Å². The van der Waals surface area contributed by atoms with E-state index in [1.165, 1.54) is 16.7 Å². The van der Waals surface area contributed by atoms with Crippen LogP contribution < -0.4 is 5.73 Å². The third kappa shape index (κ3) is 4.69. The Balaban J connectivity index is 2.13. The van der Waals surface area contributed by atoms with E-state index in [2.05, 4.69) is 73.3 Å². The van der Waals surface area contributed by atoms with Gasteiger partial charge in [0.05, 0.1) is 0 Å². The minimum absolute atomic E-state index is 0.510. The first-order chi connectivity index (χ1) is 10.2. The molecular weight excluding hydrogens is 256 g/mol. The molecule has 0 aliphatic rings. The van der Waals surface area contributed by atoms with Crippen molar-refractivity contribution in [3.05, 3.63) is 71.3 Å². The molecule has 2 nitrogen and oxygen atoms in total. The van der Waals surface area contributed by atoms with E-state index in [1.807, 2.05) is 0 Å². The van der Waals surface area contributed by atoms with Crippen molar-refractivity contribution in [2.75, 3.05) is 6.54 Å². The normalized spacial score (nSPS) is 11.3. The van der Waals surface area contributed by atoms with E-state index in [0.29, 0.717) is 12.6 Å². The molecule has 0 saturated heterocycles. The molecule has 0 heterocycles. The lowest BCUT2D eigenvalue weighted by atomic mass is 10.0. The summed E-state index contributed by atoms with van der Waals surface area (Å²) in [6, 6.07) is 19.8. The van der Waals surface area contributed by atoms with Gasteiger partial charge in [-0.05, 0) is 43.5 Å². The Morgan fingerprint density at radius 3 is 2.10 bits per heavy atom. The second kappa shape index (κ2) is 7.96. The zero-order valence-electron chi connectivity index (χ0n) is 13.1. The average Bonchev–Trinajstić information content (AvgIpc) is 2.49. The molecule has 21 heavy (non-hydrogen) atoms. The lowest BCUT2D eigenvalue weighted by Crippen LogP contribution is -2.30. The van der Waals surface area contributed by atoms with Crippen molar-refractivity contribution in [2.45, 2.75) is 39.4 Å². The van der Waals surface area contributed by atoms with Crippen molar-refractivity contribution < 1.29 is 0 Å². The molecule has 0 atom stereocenters. The second-order valence-electron chi connectivity index (χ2n) is 5.79. The molecule has 2 N–H and O–H groups in total. The summed E-state index contributed by atoms with van der Waals surface area (Å²) < 4.78 is 0. The van der Waals surface area contributed by atoms with Crippen LogP contribution in [0.1, 0.15) is 30.5 Å². The topological polar surface area (TPSA) is 29.3 Å². The van der Waals surface area contributed by atoms with Crippen LogP contribution in [0.4, 0.5) is 0 Å². The van der Waals surface area contributed by atoms with E-state index >= 15 is 0 Å². The Hall–Kier alpha value is -1.64. The van der Waals surface area contributed by atoms with Crippen LogP contribution >= 0.6 is 0 Å². The second-order valence-corrected chi connectivity index (χ2v) is 5.79. The van der Waals surface area contributed by atoms with Gasteiger partial charge in [0.25, 0.3) is 0 Å². The summed E-state index contributed by atoms with van der Waals surface area (Å²) in [5, 5.41) is 0. The number of hydrogen-bond acceptors (Lipinski definition) is 2. The van der Waals surface area contributed by atoms with Gasteiger partial charge in [-0.3, -0.25) is 4.90 Å². The number of nitrogens with zero attached hydrogens (tertiary/aromatic N) is 1. The maximum atomic E-state index is 5.73. The van der Waals surface area contributed by atoms with Gasteiger partial charge >= 0.3 is 0 Å². The summed E-state index contributed by atoms with van der Waals surface area (Å²) in [5.41, 5.74) is 9.86. The fraction of sp³-hybridized carbons (Fsp3) is 0.368. The van der Waals surface area contributed by atoms with E-state index in [1.54, 1.807) is 0 Å². The third-order valence-corrected chi connectivity index (χ3v) is 3.86. The monoisotopic (exact) mass is 282 g/mol. The number of hydrogen-bond donors (Lipinski definition) is 1. The zero-order chi connectivity index (χ0) is 15.1. The van der Waals surface area contributed by atoms with Crippen LogP contribution in [-0.4, -0.2) is 17.5 Å². The number of benzene rings is 2. The standard InChI is InChI=1S/C19H26N2/c1-16(2)21(14-17-8-4-3-5-9-17)15-19-11-7-6-10-18(19)12-13-20/h3-11,16H,12-15,20H2,1-2H3. The van der Waals surface area contributed by atoms with Crippen molar-refractivity contribution in [1.29, 1.82) is 0 Å². The summed E-state index contributed by atoms with van der Waals surface area (Å²) in [7, 11) is 0. The SMILES string of the molecule is CC(C)N(Cc1ccccc1)Cc1ccccc1CCN. The Bertz CT molecular complexity index is 534. The molecule has 0 spiro atoms. The van der Waals surface area contributed by atoms with E-state index in [0.717, 1.165) is 19.5 Å². The molecule has 2 aromatic rings. The Kier molecular flexibility index (Phi) is 5.97. The van der Waals surface area contributed by atoms with E-state index in [9.17, 15) is 0 Å². The summed E-state index contributed by atoms with van der Waals surface area (Å²) in [6.07, 6.45) is 0.952. The highest BCUT2D eigenvalue weighted by Crippen LogP contribution is 2.16. The molecule has 0 amide bonds. The van der Waals surface area contributed by atoms with Crippen molar-refractivity contribution in [2.24, 2.45) is 5.73 Å². The fourth-order valence-corrected chi connectivity index (χ4v) is 2.57. The summed E-state index contributed by atoms with van der Waals surface area (Å²) in [4.78, 5) is 2.50. The van der Waals surface area contributed by atoms with Gasteiger partial charge < -0.3 is 5.73 Å². The Morgan fingerprint density at radius 2 is 1.48 bits per heavy atom. The molecule has 2 rings (SSSR count). The van der Waals surface area contributed by atoms with Crippen molar-refractivity contribution in [3.63, 3.8) is 0 Å². The number of rotatable bonds is 7. The molecular formula is C19H26N2. The zero-order valence-corrected chi connectivity index (χ0v) is 13.1. The molecule has 0 saturated carbocycles. The molecule has 0 unspecified atom stereocenters. The highest BCUT2D eigenvalue weighted by atomic mass is 15.1. The van der Waals surface area contributed by atoms with E-state index < -0.39 is 0 Å². The molecule has 0 aliphatic heterocycles. The molecule has 0 aliphatic carbocycles. The molecule has 0 bridgehead atoms. The smallest absolute Gasteiger partial charge is 0.0242 e. The molecule has 2 heteroatoms. The fourth-order valence-electron chi connectivity index (χ4n) is 2.57. The van der Waals surface area contributed by atoms with Crippen LogP contribution in [0.2, 0.25) is 0 Å². The van der Waals surface area contributed by atoms with Gasteiger partial charge in [0.15, 0.2) is 0 Å². The van der Waals surface area contributed by atoms with Crippen molar-refractivity contribution in [1.82, 2.24) is 4.90 Å². The first-order valence-corrected chi connectivity index (χ1v) is 7.75. The average molecular weight is 282 g/mol. The van der Waals surface area contributed by atoms with Gasteiger partial charge in [-0.2, -0.15) is 0 Å². The van der Waals surface area contributed by atoms with Gasteiger partial charge in [-0.1, -0.05) is 54.6 Å². The summed E-state index contributed by atoms with van der Waals surface area (Å²) in [6.45, 7) is 7.18. The predicted octanol–water partition coefficient (Wildman–Crippen LogP) is 3.60. The van der Waals surface area contributed by atoms with E-state index in [4.69, 9.17) is 5.73 Å². The number of nitrogens with two attached hydrogens (primary N) is 1. The summed E-state index contributed by atoms with van der Waals surface area (Å²) in [5.74, 6) is 0. The van der Waals surface area contributed by atoms with Crippen LogP contribution in [0, 0.1) is 0 Å². The van der Waals surface area contributed by atoms with Gasteiger partial charge in [-0.25, -0.2) is 0 Å². The minimum atomic E-state index is 0.510. The molecule has 0 radical (unpaired) electrons. The maximum Gasteiger partial charge on any atom is 0.0242 e. The van der Waals surface area contributed by atoms with Gasteiger partial charge in [0, 0.05) is 19.1 Å². The van der Waals surface area contributed by atoms with E-state index in [-0.39, 0.29) is 0 Å². The van der Waals surface area contributed by atoms with Gasteiger partial charge in [0.2, 0.25) is 0 Å². The Morgan fingerprint density at radius 1 is 0.857 bits per heavy atom.